The summed E-state index contributed by atoms with van der Waals surface area (Å²) in [6.45, 7) is 1.60. The molecule has 3 nitrogen and oxygen atoms in total. The Balaban J connectivity index is 2.44. The van der Waals surface area contributed by atoms with Crippen LogP contribution in [0.3, 0.4) is 0 Å². The van der Waals surface area contributed by atoms with E-state index in [9.17, 15) is 12.8 Å². The highest BCUT2D eigenvalue weighted by molar-refractivity contribution is 9.10. The first-order chi connectivity index (χ1) is 9.69. The van der Waals surface area contributed by atoms with Gasteiger partial charge in [-0.1, -0.05) is 23.2 Å². The van der Waals surface area contributed by atoms with Crippen LogP contribution in [0.15, 0.2) is 39.7 Å². The highest BCUT2D eigenvalue weighted by atomic mass is 79.9. The molecule has 0 fully saturated rings. The molecule has 0 saturated carbocycles. The lowest BCUT2D eigenvalue weighted by atomic mass is 10.2. The van der Waals surface area contributed by atoms with Gasteiger partial charge in [0.25, 0.3) is 10.0 Å². The van der Waals surface area contributed by atoms with Crippen LogP contribution in [0.5, 0.6) is 0 Å². The topological polar surface area (TPSA) is 46.2 Å². The summed E-state index contributed by atoms with van der Waals surface area (Å²) in [6, 6.07) is 6.58. The Morgan fingerprint density at radius 3 is 2.24 bits per heavy atom. The minimum absolute atomic E-state index is 0.0696. The van der Waals surface area contributed by atoms with Crippen LogP contribution in [-0.2, 0) is 10.0 Å². The molecule has 0 aliphatic rings. The summed E-state index contributed by atoms with van der Waals surface area (Å²) in [5.41, 5.74) is 0.715. The fourth-order valence-corrected chi connectivity index (χ4v) is 3.83. The predicted molar refractivity (Wildman–Crippen MR) is 86.1 cm³/mol. The van der Waals surface area contributed by atoms with Crippen molar-refractivity contribution in [3.8, 4) is 0 Å². The van der Waals surface area contributed by atoms with Crippen molar-refractivity contribution in [3.63, 3.8) is 0 Å². The molecule has 0 unspecified atom stereocenters. The quantitative estimate of drug-likeness (QED) is 0.770. The van der Waals surface area contributed by atoms with Crippen molar-refractivity contribution in [1.29, 1.82) is 0 Å². The Morgan fingerprint density at radius 1 is 1.10 bits per heavy atom. The number of sulfonamides is 1. The maximum Gasteiger partial charge on any atom is 0.262 e. The van der Waals surface area contributed by atoms with E-state index in [0.717, 1.165) is 0 Å². The summed E-state index contributed by atoms with van der Waals surface area (Å²) in [5, 5.41) is 0.416. The van der Waals surface area contributed by atoms with E-state index in [-0.39, 0.29) is 25.1 Å². The van der Waals surface area contributed by atoms with Crippen LogP contribution in [0.4, 0.5) is 10.1 Å². The first kappa shape index (κ1) is 16.5. The maximum atomic E-state index is 13.4. The van der Waals surface area contributed by atoms with E-state index in [1.165, 1.54) is 30.3 Å². The summed E-state index contributed by atoms with van der Waals surface area (Å²) in [7, 11) is -3.87. The molecule has 1 N–H and O–H groups in total. The third kappa shape index (κ3) is 3.88. The molecule has 0 amide bonds. The molecule has 0 aromatic heterocycles. The molecule has 2 aromatic carbocycles. The average molecular weight is 413 g/mol. The first-order valence-electron chi connectivity index (χ1n) is 5.63. The molecule has 0 aliphatic carbocycles. The van der Waals surface area contributed by atoms with Gasteiger partial charge in [0, 0.05) is 10.0 Å². The van der Waals surface area contributed by atoms with Gasteiger partial charge in [-0.2, -0.15) is 0 Å². The molecule has 8 heteroatoms. The molecule has 21 heavy (non-hydrogen) atoms. The number of benzene rings is 2. The van der Waals surface area contributed by atoms with E-state index in [0.29, 0.717) is 5.56 Å². The molecular weight excluding hydrogens is 404 g/mol. The average Bonchev–Trinajstić information content (AvgIpc) is 2.34. The van der Waals surface area contributed by atoms with Gasteiger partial charge in [-0.05, 0) is 58.7 Å². The van der Waals surface area contributed by atoms with Crippen molar-refractivity contribution >= 4 is 54.8 Å². The monoisotopic (exact) mass is 411 g/mol. The third-order valence-corrected chi connectivity index (χ3v) is 5.05. The third-order valence-electron chi connectivity index (χ3n) is 2.66. The lowest BCUT2D eigenvalue weighted by molar-refractivity contribution is 0.600. The molecule has 2 rings (SSSR count). The Labute approximate surface area is 140 Å². The number of hydrogen-bond acceptors (Lipinski definition) is 2. The van der Waals surface area contributed by atoms with Crippen molar-refractivity contribution in [2.75, 3.05) is 4.72 Å². The highest BCUT2D eigenvalue weighted by Crippen LogP contribution is 2.28. The second-order valence-electron chi connectivity index (χ2n) is 4.29. The zero-order valence-corrected chi connectivity index (χ0v) is 14.5. The van der Waals surface area contributed by atoms with Gasteiger partial charge in [0.2, 0.25) is 0 Å². The number of hydrogen-bond donors (Lipinski definition) is 1. The summed E-state index contributed by atoms with van der Waals surface area (Å²) < 4.78 is 40.5. The van der Waals surface area contributed by atoms with Crippen molar-refractivity contribution in [3.05, 3.63) is 56.2 Å². The minimum Gasteiger partial charge on any atom is -0.279 e. The zero-order chi connectivity index (χ0) is 15.8. The van der Waals surface area contributed by atoms with Crippen LogP contribution < -0.4 is 4.72 Å². The molecule has 0 radical (unpaired) electrons. The fraction of sp³-hybridized carbons (Fsp3) is 0.0769. The summed E-state index contributed by atoms with van der Waals surface area (Å²) in [5.74, 6) is -0.471. The molecule has 0 spiro atoms. The zero-order valence-electron chi connectivity index (χ0n) is 10.6. The Morgan fingerprint density at radius 2 is 1.67 bits per heavy atom. The number of halogens is 4. The van der Waals surface area contributed by atoms with Crippen molar-refractivity contribution in [1.82, 2.24) is 0 Å². The highest BCUT2D eigenvalue weighted by Gasteiger charge is 2.17. The molecule has 112 valence electrons. The molecule has 0 atom stereocenters. The second kappa shape index (κ2) is 6.12. The standard InChI is InChI=1S/C13H9BrCl2FNO2S/c1-7-2-12(17)11(14)6-13(7)18-21(19,20)10-4-8(15)3-9(16)5-10/h2-6,18H,1H3. The SMILES string of the molecule is Cc1cc(F)c(Br)cc1NS(=O)(=O)c1cc(Cl)cc(Cl)c1. The first-order valence-corrected chi connectivity index (χ1v) is 8.67. The number of aryl methyl sites for hydroxylation is 1. The summed E-state index contributed by atoms with van der Waals surface area (Å²) in [4.78, 5) is -0.0696. The maximum absolute atomic E-state index is 13.4. The molecular formula is C13H9BrCl2FNO2S. The molecule has 0 heterocycles. The van der Waals surface area contributed by atoms with E-state index < -0.39 is 15.8 Å². The summed E-state index contributed by atoms with van der Waals surface area (Å²) in [6.07, 6.45) is 0. The normalized spacial score (nSPS) is 11.5. The van der Waals surface area contributed by atoms with Gasteiger partial charge in [-0.25, -0.2) is 12.8 Å². The van der Waals surface area contributed by atoms with Gasteiger partial charge < -0.3 is 0 Å². The number of anilines is 1. The fourth-order valence-electron chi connectivity index (χ4n) is 1.64. The van der Waals surface area contributed by atoms with Gasteiger partial charge in [0.05, 0.1) is 15.1 Å². The van der Waals surface area contributed by atoms with Crippen molar-refractivity contribution < 1.29 is 12.8 Å². The Bertz CT molecular complexity index is 792. The van der Waals surface area contributed by atoms with Gasteiger partial charge in [-0.3, -0.25) is 4.72 Å². The second-order valence-corrected chi connectivity index (χ2v) is 7.70. The van der Waals surface area contributed by atoms with Crippen molar-refractivity contribution in [2.45, 2.75) is 11.8 Å². The lowest BCUT2D eigenvalue weighted by Crippen LogP contribution is -2.14. The lowest BCUT2D eigenvalue weighted by Gasteiger charge is -2.12. The van der Waals surface area contributed by atoms with E-state index in [4.69, 9.17) is 23.2 Å². The predicted octanol–water partition coefficient (Wildman–Crippen LogP) is 5.00. The molecule has 0 bridgehead atoms. The number of nitrogens with one attached hydrogen (secondary N) is 1. The molecule has 2 aromatic rings. The molecule has 0 saturated heterocycles. The van der Waals surface area contributed by atoms with E-state index in [1.807, 2.05) is 0 Å². The number of rotatable bonds is 3. The van der Waals surface area contributed by atoms with Crippen LogP contribution in [0.2, 0.25) is 10.0 Å². The van der Waals surface area contributed by atoms with Crippen LogP contribution in [0, 0.1) is 12.7 Å². The minimum atomic E-state index is -3.87. The van der Waals surface area contributed by atoms with E-state index in [2.05, 4.69) is 20.7 Å². The van der Waals surface area contributed by atoms with Crippen LogP contribution in [0.25, 0.3) is 0 Å². The van der Waals surface area contributed by atoms with Gasteiger partial charge in [-0.15, -0.1) is 0 Å². The van der Waals surface area contributed by atoms with Crippen LogP contribution in [0.1, 0.15) is 5.56 Å². The largest absolute Gasteiger partial charge is 0.279 e. The van der Waals surface area contributed by atoms with Gasteiger partial charge >= 0.3 is 0 Å². The van der Waals surface area contributed by atoms with Crippen molar-refractivity contribution in [2.24, 2.45) is 0 Å². The van der Waals surface area contributed by atoms with Crippen LogP contribution in [-0.4, -0.2) is 8.42 Å². The Kier molecular flexibility index (Phi) is 4.82. The molecule has 0 aliphatic heterocycles. The Hall–Kier alpha value is -0.820. The van der Waals surface area contributed by atoms with E-state index in [1.54, 1.807) is 6.92 Å². The summed E-state index contributed by atoms with van der Waals surface area (Å²) >= 11 is 14.6. The van der Waals surface area contributed by atoms with E-state index >= 15 is 0 Å². The van der Waals surface area contributed by atoms with Gasteiger partial charge in [0.1, 0.15) is 5.82 Å². The smallest absolute Gasteiger partial charge is 0.262 e. The van der Waals surface area contributed by atoms with Gasteiger partial charge in [0.15, 0.2) is 0 Å². The van der Waals surface area contributed by atoms with Crippen LogP contribution >= 0.6 is 39.1 Å².